The van der Waals surface area contributed by atoms with Crippen molar-refractivity contribution >= 4 is 12.6 Å². The molecule has 0 N–H and O–H groups in total. The summed E-state index contributed by atoms with van der Waals surface area (Å²) in [6, 6.07) is 15.1. The first-order valence-corrected chi connectivity index (χ1v) is 7.61. The highest BCUT2D eigenvalue weighted by atomic mass is 32.1. The molecule has 19 heavy (non-hydrogen) atoms. The van der Waals surface area contributed by atoms with E-state index in [9.17, 15) is 0 Å². The Kier molecular flexibility index (Phi) is 5.09. The van der Waals surface area contributed by atoms with Crippen LogP contribution in [-0.2, 0) is 12.8 Å². The molecule has 0 radical (unpaired) electrons. The number of aryl methyl sites for hydroxylation is 1. The van der Waals surface area contributed by atoms with E-state index >= 15 is 0 Å². The number of thiol groups is 1. The second-order valence-corrected chi connectivity index (χ2v) is 5.44. The molecule has 100 valence electrons. The highest BCUT2D eigenvalue weighted by Crippen LogP contribution is 2.32. The first-order valence-electron chi connectivity index (χ1n) is 7.17. The van der Waals surface area contributed by atoms with Crippen molar-refractivity contribution < 1.29 is 0 Å². The summed E-state index contributed by atoms with van der Waals surface area (Å²) < 4.78 is 0. The summed E-state index contributed by atoms with van der Waals surface area (Å²) >= 11 is 4.61. The van der Waals surface area contributed by atoms with E-state index in [2.05, 4.69) is 62.9 Å². The summed E-state index contributed by atoms with van der Waals surface area (Å²) in [6.07, 6.45) is 4.69. The summed E-state index contributed by atoms with van der Waals surface area (Å²) in [5, 5.41) is 0. The fraction of sp³-hybridized carbons (Fsp3) is 0.333. The molecule has 0 aliphatic heterocycles. The van der Waals surface area contributed by atoms with E-state index in [-0.39, 0.29) is 0 Å². The minimum Gasteiger partial charge on any atom is -0.143 e. The van der Waals surface area contributed by atoms with Gasteiger partial charge in [-0.2, -0.15) is 0 Å². The van der Waals surface area contributed by atoms with Crippen molar-refractivity contribution in [2.24, 2.45) is 0 Å². The Labute approximate surface area is 122 Å². The van der Waals surface area contributed by atoms with E-state index in [0.717, 1.165) is 17.7 Å². The van der Waals surface area contributed by atoms with E-state index in [1.807, 2.05) is 6.07 Å². The van der Waals surface area contributed by atoms with Gasteiger partial charge in [0, 0.05) is 4.90 Å². The third kappa shape index (κ3) is 3.22. The van der Waals surface area contributed by atoms with Crippen molar-refractivity contribution in [3.05, 3.63) is 53.6 Å². The standard InChI is InChI=1S/C18H22S/c1-3-8-14-10-7-12-16(15(14)9-4-2)17-11-5-6-13-18(17)19/h5-7,10-13,19H,3-4,8-9H2,1-2H3. The first kappa shape index (κ1) is 14.2. The zero-order valence-electron chi connectivity index (χ0n) is 11.8. The molecule has 0 atom stereocenters. The van der Waals surface area contributed by atoms with Gasteiger partial charge in [-0.15, -0.1) is 12.6 Å². The van der Waals surface area contributed by atoms with Gasteiger partial charge in [0.1, 0.15) is 0 Å². The van der Waals surface area contributed by atoms with E-state index in [1.54, 1.807) is 0 Å². The minimum absolute atomic E-state index is 1.06. The Morgan fingerprint density at radius 3 is 2.16 bits per heavy atom. The van der Waals surface area contributed by atoms with Crippen molar-refractivity contribution in [1.29, 1.82) is 0 Å². The Morgan fingerprint density at radius 2 is 1.47 bits per heavy atom. The van der Waals surface area contributed by atoms with Crippen LogP contribution in [0.2, 0.25) is 0 Å². The van der Waals surface area contributed by atoms with Crippen LogP contribution in [0.5, 0.6) is 0 Å². The van der Waals surface area contributed by atoms with Gasteiger partial charge in [-0.1, -0.05) is 63.1 Å². The van der Waals surface area contributed by atoms with Gasteiger partial charge < -0.3 is 0 Å². The maximum Gasteiger partial charge on any atom is 0.0119 e. The summed E-state index contributed by atoms with van der Waals surface area (Å²) in [5.41, 5.74) is 5.62. The van der Waals surface area contributed by atoms with E-state index in [4.69, 9.17) is 0 Å². The third-order valence-corrected chi connectivity index (χ3v) is 3.88. The number of rotatable bonds is 5. The van der Waals surface area contributed by atoms with E-state index < -0.39 is 0 Å². The predicted octanol–water partition coefficient (Wildman–Crippen LogP) is 5.55. The number of hydrogen-bond acceptors (Lipinski definition) is 1. The number of benzene rings is 2. The SMILES string of the molecule is CCCc1cccc(-c2ccccc2S)c1CCC. The van der Waals surface area contributed by atoms with Crippen LogP contribution in [0.25, 0.3) is 11.1 Å². The van der Waals surface area contributed by atoms with Crippen molar-refractivity contribution in [2.45, 2.75) is 44.4 Å². The van der Waals surface area contributed by atoms with Gasteiger partial charge in [-0.25, -0.2) is 0 Å². The summed E-state index contributed by atoms with van der Waals surface area (Å²) in [5.74, 6) is 0. The predicted molar refractivity (Wildman–Crippen MR) is 87.1 cm³/mol. The Balaban J connectivity index is 2.56. The van der Waals surface area contributed by atoms with Crippen LogP contribution in [0.4, 0.5) is 0 Å². The lowest BCUT2D eigenvalue weighted by Gasteiger charge is -2.15. The molecule has 0 saturated carbocycles. The van der Waals surface area contributed by atoms with Gasteiger partial charge in [-0.3, -0.25) is 0 Å². The van der Waals surface area contributed by atoms with Crippen molar-refractivity contribution in [3.63, 3.8) is 0 Å². The molecule has 0 amide bonds. The molecule has 2 aromatic rings. The monoisotopic (exact) mass is 270 g/mol. The van der Waals surface area contributed by atoms with Crippen LogP contribution in [0.1, 0.15) is 37.8 Å². The largest absolute Gasteiger partial charge is 0.143 e. The van der Waals surface area contributed by atoms with Gasteiger partial charge in [0.15, 0.2) is 0 Å². The fourth-order valence-corrected chi connectivity index (χ4v) is 2.92. The van der Waals surface area contributed by atoms with Crippen LogP contribution in [0.3, 0.4) is 0 Å². The van der Waals surface area contributed by atoms with Crippen molar-refractivity contribution in [2.75, 3.05) is 0 Å². The number of hydrogen-bond donors (Lipinski definition) is 1. The smallest absolute Gasteiger partial charge is 0.0119 e. The highest BCUT2D eigenvalue weighted by Gasteiger charge is 2.10. The maximum absolute atomic E-state index is 4.61. The molecular formula is C18H22S. The van der Waals surface area contributed by atoms with Crippen LogP contribution in [0.15, 0.2) is 47.4 Å². The van der Waals surface area contributed by atoms with Gasteiger partial charge in [0.25, 0.3) is 0 Å². The molecule has 0 heterocycles. The lowest BCUT2D eigenvalue weighted by atomic mass is 9.91. The Hall–Kier alpha value is -1.21. The van der Waals surface area contributed by atoms with E-state index in [0.29, 0.717) is 0 Å². The van der Waals surface area contributed by atoms with Gasteiger partial charge >= 0.3 is 0 Å². The fourth-order valence-electron chi connectivity index (χ4n) is 2.64. The lowest BCUT2D eigenvalue weighted by molar-refractivity contribution is 0.862. The van der Waals surface area contributed by atoms with Gasteiger partial charge in [-0.05, 0) is 41.2 Å². The Morgan fingerprint density at radius 1 is 0.789 bits per heavy atom. The second-order valence-electron chi connectivity index (χ2n) is 4.96. The van der Waals surface area contributed by atoms with Crippen LogP contribution >= 0.6 is 12.6 Å². The molecule has 0 saturated heterocycles. The topological polar surface area (TPSA) is 0 Å². The molecule has 0 aromatic heterocycles. The lowest BCUT2D eigenvalue weighted by Crippen LogP contribution is -1.97. The zero-order valence-corrected chi connectivity index (χ0v) is 12.7. The molecule has 2 aromatic carbocycles. The molecule has 1 heteroatoms. The molecule has 0 aliphatic rings. The molecule has 0 bridgehead atoms. The van der Waals surface area contributed by atoms with E-state index in [1.165, 1.54) is 35.1 Å². The molecule has 0 nitrogen and oxygen atoms in total. The van der Waals surface area contributed by atoms with Crippen LogP contribution < -0.4 is 0 Å². The Bertz CT molecular complexity index is 543. The quantitative estimate of drug-likeness (QED) is 0.677. The molecule has 0 unspecified atom stereocenters. The zero-order chi connectivity index (χ0) is 13.7. The summed E-state index contributed by atoms with van der Waals surface area (Å²) in [4.78, 5) is 1.06. The minimum atomic E-state index is 1.06. The van der Waals surface area contributed by atoms with Crippen molar-refractivity contribution in [1.82, 2.24) is 0 Å². The van der Waals surface area contributed by atoms with Crippen LogP contribution in [0, 0.1) is 0 Å². The van der Waals surface area contributed by atoms with Crippen molar-refractivity contribution in [3.8, 4) is 11.1 Å². The third-order valence-electron chi connectivity index (χ3n) is 3.49. The second kappa shape index (κ2) is 6.81. The average molecular weight is 270 g/mol. The average Bonchev–Trinajstić information content (AvgIpc) is 2.42. The maximum atomic E-state index is 4.61. The summed E-state index contributed by atoms with van der Waals surface area (Å²) in [7, 11) is 0. The molecular weight excluding hydrogens is 248 g/mol. The molecule has 0 aliphatic carbocycles. The molecule has 0 fully saturated rings. The van der Waals surface area contributed by atoms with Crippen LogP contribution in [-0.4, -0.2) is 0 Å². The van der Waals surface area contributed by atoms with Gasteiger partial charge in [0.05, 0.1) is 0 Å². The molecule has 2 rings (SSSR count). The normalized spacial score (nSPS) is 10.7. The summed E-state index contributed by atoms with van der Waals surface area (Å²) in [6.45, 7) is 4.49. The highest BCUT2D eigenvalue weighted by molar-refractivity contribution is 7.80. The van der Waals surface area contributed by atoms with Gasteiger partial charge in [0.2, 0.25) is 0 Å². The molecule has 0 spiro atoms. The first-order chi connectivity index (χ1) is 9.27.